The molecular weight excluding hydrogens is 218 g/mol. The summed E-state index contributed by atoms with van der Waals surface area (Å²) in [5.74, 6) is 1.63. The zero-order valence-electron chi connectivity index (χ0n) is 10.5. The molecule has 0 amide bonds. The fourth-order valence-corrected chi connectivity index (χ4v) is 1.86. The fourth-order valence-electron chi connectivity index (χ4n) is 1.86. The van der Waals surface area contributed by atoms with Crippen LogP contribution in [0.4, 0.5) is 5.82 Å². The molecule has 0 bridgehead atoms. The summed E-state index contributed by atoms with van der Waals surface area (Å²) < 4.78 is 0. The predicted octanol–water partition coefficient (Wildman–Crippen LogP) is 1.29. The maximum Gasteiger partial charge on any atom is 0.252 e. The van der Waals surface area contributed by atoms with Crippen molar-refractivity contribution < 1.29 is 5.11 Å². The van der Waals surface area contributed by atoms with Gasteiger partial charge in [0.2, 0.25) is 0 Å². The van der Waals surface area contributed by atoms with Crippen LogP contribution in [0.2, 0.25) is 0 Å². The Balaban J connectivity index is 2.55. The van der Waals surface area contributed by atoms with E-state index in [0.29, 0.717) is 17.6 Å². The normalized spacial score (nSPS) is 12.4. The number of aromatic amines is 1. The molecule has 96 valence electrons. The second-order valence-corrected chi connectivity index (χ2v) is 4.26. The van der Waals surface area contributed by atoms with Crippen LogP contribution in [0.25, 0.3) is 0 Å². The van der Waals surface area contributed by atoms with Crippen molar-refractivity contribution in [1.29, 1.82) is 0 Å². The molecule has 0 aromatic carbocycles. The number of aliphatic hydroxyl groups excluding tert-OH is 1. The average molecular weight is 239 g/mol. The van der Waals surface area contributed by atoms with Gasteiger partial charge in [-0.05, 0) is 25.7 Å². The van der Waals surface area contributed by atoms with E-state index in [4.69, 9.17) is 5.11 Å². The maximum absolute atomic E-state index is 11.2. The van der Waals surface area contributed by atoms with Gasteiger partial charge in [-0.1, -0.05) is 13.3 Å². The molecule has 1 rings (SSSR count). The molecule has 1 aromatic rings. The highest BCUT2D eigenvalue weighted by molar-refractivity contribution is 5.32. The van der Waals surface area contributed by atoms with Gasteiger partial charge in [-0.3, -0.25) is 4.79 Å². The SMILES string of the molecule is CCCC(CCO)CNc1cc(=O)[nH]c(C)n1. The van der Waals surface area contributed by atoms with Gasteiger partial charge in [0.25, 0.3) is 5.56 Å². The van der Waals surface area contributed by atoms with Crippen molar-refractivity contribution in [3.63, 3.8) is 0 Å². The van der Waals surface area contributed by atoms with Crippen LogP contribution in [0, 0.1) is 12.8 Å². The summed E-state index contributed by atoms with van der Waals surface area (Å²) in [5, 5.41) is 12.1. The second-order valence-electron chi connectivity index (χ2n) is 4.26. The van der Waals surface area contributed by atoms with Gasteiger partial charge in [0, 0.05) is 19.2 Å². The molecule has 0 aliphatic heterocycles. The molecule has 3 N–H and O–H groups in total. The van der Waals surface area contributed by atoms with E-state index in [-0.39, 0.29) is 12.2 Å². The van der Waals surface area contributed by atoms with E-state index < -0.39 is 0 Å². The van der Waals surface area contributed by atoms with E-state index >= 15 is 0 Å². The standard InChI is InChI=1S/C12H21N3O2/c1-3-4-10(5-6-16)8-13-11-7-12(17)15-9(2)14-11/h7,10,16H,3-6,8H2,1-2H3,(H2,13,14,15,17). The Morgan fingerprint density at radius 1 is 1.53 bits per heavy atom. The number of aliphatic hydroxyl groups is 1. The summed E-state index contributed by atoms with van der Waals surface area (Å²) in [6.07, 6.45) is 2.94. The number of nitrogens with one attached hydrogen (secondary N) is 2. The Morgan fingerprint density at radius 3 is 2.88 bits per heavy atom. The van der Waals surface area contributed by atoms with Gasteiger partial charge in [0.05, 0.1) is 0 Å². The third-order valence-corrected chi connectivity index (χ3v) is 2.67. The van der Waals surface area contributed by atoms with Crippen molar-refractivity contribution in [2.24, 2.45) is 5.92 Å². The van der Waals surface area contributed by atoms with Crippen LogP contribution in [0.3, 0.4) is 0 Å². The van der Waals surface area contributed by atoms with Crippen molar-refractivity contribution >= 4 is 5.82 Å². The molecule has 17 heavy (non-hydrogen) atoms. The second kappa shape index (κ2) is 7.06. The summed E-state index contributed by atoms with van der Waals surface area (Å²) in [6.45, 7) is 4.82. The number of rotatable bonds is 7. The lowest BCUT2D eigenvalue weighted by Gasteiger charge is -2.15. The zero-order valence-corrected chi connectivity index (χ0v) is 10.5. The van der Waals surface area contributed by atoms with Crippen LogP contribution in [-0.4, -0.2) is 28.2 Å². The third kappa shape index (κ3) is 4.99. The van der Waals surface area contributed by atoms with Crippen LogP contribution in [-0.2, 0) is 0 Å². The van der Waals surface area contributed by atoms with E-state index in [2.05, 4.69) is 22.2 Å². The van der Waals surface area contributed by atoms with Gasteiger partial charge in [-0.25, -0.2) is 4.98 Å². The number of aromatic nitrogens is 2. The quantitative estimate of drug-likeness (QED) is 0.670. The summed E-state index contributed by atoms with van der Waals surface area (Å²) in [6, 6.07) is 1.45. The first-order chi connectivity index (χ1) is 8.15. The van der Waals surface area contributed by atoms with E-state index in [9.17, 15) is 4.79 Å². The largest absolute Gasteiger partial charge is 0.396 e. The highest BCUT2D eigenvalue weighted by atomic mass is 16.3. The topological polar surface area (TPSA) is 78.0 Å². The monoisotopic (exact) mass is 239 g/mol. The van der Waals surface area contributed by atoms with Crippen molar-refractivity contribution in [3.05, 3.63) is 22.2 Å². The number of anilines is 1. The number of hydrogen-bond acceptors (Lipinski definition) is 4. The van der Waals surface area contributed by atoms with Gasteiger partial charge < -0.3 is 15.4 Å². The summed E-state index contributed by atoms with van der Waals surface area (Å²) >= 11 is 0. The lowest BCUT2D eigenvalue weighted by Crippen LogP contribution is -2.18. The molecule has 1 heterocycles. The number of nitrogens with zero attached hydrogens (tertiary/aromatic N) is 1. The molecule has 0 saturated carbocycles. The van der Waals surface area contributed by atoms with E-state index in [0.717, 1.165) is 25.8 Å². The lowest BCUT2D eigenvalue weighted by molar-refractivity contribution is 0.255. The Kier molecular flexibility index (Phi) is 5.69. The van der Waals surface area contributed by atoms with Gasteiger partial charge in [-0.15, -0.1) is 0 Å². The Bertz CT molecular complexity index is 384. The molecule has 5 nitrogen and oxygen atoms in total. The summed E-state index contributed by atoms with van der Waals surface area (Å²) in [7, 11) is 0. The summed E-state index contributed by atoms with van der Waals surface area (Å²) in [5.41, 5.74) is -0.144. The molecule has 0 aliphatic rings. The highest BCUT2D eigenvalue weighted by Gasteiger charge is 2.07. The molecule has 0 aliphatic carbocycles. The van der Waals surface area contributed by atoms with E-state index in [1.54, 1.807) is 6.92 Å². The minimum absolute atomic E-state index is 0.144. The predicted molar refractivity (Wildman–Crippen MR) is 68.2 cm³/mol. The first-order valence-corrected chi connectivity index (χ1v) is 6.08. The van der Waals surface area contributed by atoms with Crippen LogP contribution < -0.4 is 10.9 Å². The highest BCUT2D eigenvalue weighted by Crippen LogP contribution is 2.11. The minimum Gasteiger partial charge on any atom is -0.396 e. The number of H-pyrrole nitrogens is 1. The van der Waals surface area contributed by atoms with Crippen LogP contribution in [0.1, 0.15) is 32.0 Å². The van der Waals surface area contributed by atoms with Crippen molar-refractivity contribution in [2.45, 2.75) is 33.1 Å². The van der Waals surface area contributed by atoms with Gasteiger partial charge >= 0.3 is 0 Å². The average Bonchev–Trinajstić information content (AvgIpc) is 2.25. The minimum atomic E-state index is -0.144. The molecule has 0 spiro atoms. The number of aryl methyl sites for hydroxylation is 1. The van der Waals surface area contributed by atoms with Gasteiger partial charge in [0.1, 0.15) is 11.6 Å². The number of hydrogen-bond donors (Lipinski definition) is 3. The zero-order chi connectivity index (χ0) is 12.7. The maximum atomic E-state index is 11.2. The molecule has 0 fully saturated rings. The van der Waals surface area contributed by atoms with Gasteiger partial charge in [0.15, 0.2) is 0 Å². The summed E-state index contributed by atoms with van der Waals surface area (Å²) in [4.78, 5) is 18.0. The van der Waals surface area contributed by atoms with Gasteiger partial charge in [-0.2, -0.15) is 0 Å². The van der Waals surface area contributed by atoms with Crippen molar-refractivity contribution in [3.8, 4) is 0 Å². The Morgan fingerprint density at radius 2 is 2.29 bits per heavy atom. The molecule has 1 aromatic heterocycles. The lowest BCUT2D eigenvalue weighted by atomic mass is 10.0. The van der Waals surface area contributed by atoms with E-state index in [1.165, 1.54) is 6.07 Å². The van der Waals surface area contributed by atoms with Crippen molar-refractivity contribution in [2.75, 3.05) is 18.5 Å². The molecule has 0 saturated heterocycles. The van der Waals surface area contributed by atoms with Crippen molar-refractivity contribution in [1.82, 2.24) is 9.97 Å². The smallest absolute Gasteiger partial charge is 0.252 e. The molecule has 5 heteroatoms. The van der Waals surface area contributed by atoms with E-state index in [1.807, 2.05) is 0 Å². The van der Waals surface area contributed by atoms with Crippen LogP contribution >= 0.6 is 0 Å². The Hall–Kier alpha value is -1.36. The third-order valence-electron chi connectivity index (χ3n) is 2.67. The molecule has 1 atom stereocenters. The van der Waals surface area contributed by atoms with Crippen LogP contribution in [0.5, 0.6) is 0 Å². The van der Waals surface area contributed by atoms with Crippen LogP contribution in [0.15, 0.2) is 10.9 Å². The molecular formula is C12H21N3O2. The molecule has 0 radical (unpaired) electrons. The first-order valence-electron chi connectivity index (χ1n) is 6.08. The fraction of sp³-hybridized carbons (Fsp3) is 0.667. The Labute approximate surface area is 101 Å². The first kappa shape index (κ1) is 13.7. The molecule has 1 unspecified atom stereocenters.